The number of rotatable bonds is 7. The third-order valence-corrected chi connectivity index (χ3v) is 3.82. The molecule has 0 radical (unpaired) electrons. The first-order valence-electron chi connectivity index (χ1n) is 7.63. The van der Waals surface area contributed by atoms with Gasteiger partial charge in [-0.05, 0) is 41.7 Å². The van der Waals surface area contributed by atoms with Gasteiger partial charge in [0.1, 0.15) is 0 Å². The molecular formula is C18H21ClN2O2. The van der Waals surface area contributed by atoms with E-state index < -0.39 is 0 Å². The van der Waals surface area contributed by atoms with Crippen molar-refractivity contribution in [3.63, 3.8) is 0 Å². The molecular weight excluding hydrogens is 312 g/mol. The van der Waals surface area contributed by atoms with Crippen LogP contribution in [0.1, 0.15) is 23.1 Å². The minimum Gasteiger partial charge on any atom is -0.392 e. The minimum absolute atomic E-state index is 0.0272. The second kappa shape index (κ2) is 9.18. The van der Waals surface area contributed by atoms with E-state index in [-0.39, 0.29) is 12.6 Å². The number of hydrogen-bond acceptors (Lipinski definition) is 2. The summed E-state index contributed by atoms with van der Waals surface area (Å²) in [5.41, 5.74) is 2.95. The van der Waals surface area contributed by atoms with Crippen LogP contribution in [0.5, 0.6) is 0 Å². The first-order valence-corrected chi connectivity index (χ1v) is 8.00. The number of urea groups is 1. The van der Waals surface area contributed by atoms with E-state index in [2.05, 4.69) is 10.6 Å². The van der Waals surface area contributed by atoms with Crippen LogP contribution in [0.3, 0.4) is 0 Å². The first-order chi connectivity index (χ1) is 11.2. The van der Waals surface area contributed by atoms with Crippen LogP contribution in [-0.2, 0) is 19.6 Å². The average Bonchev–Trinajstić information content (AvgIpc) is 2.58. The number of halogens is 1. The number of benzene rings is 2. The van der Waals surface area contributed by atoms with Crippen LogP contribution in [0.2, 0.25) is 5.02 Å². The van der Waals surface area contributed by atoms with Crippen molar-refractivity contribution in [1.29, 1.82) is 0 Å². The predicted octanol–water partition coefficient (Wildman–Crippen LogP) is 3.26. The van der Waals surface area contributed by atoms with Crippen LogP contribution in [0.4, 0.5) is 4.79 Å². The van der Waals surface area contributed by atoms with Gasteiger partial charge in [0.2, 0.25) is 0 Å². The molecule has 0 aliphatic carbocycles. The van der Waals surface area contributed by atoms with E-state index >= 15 is 0 Å². The van der Waals surface area contributed by atoms with Crippen LogP contribution < -0.4 is 10.6 Å². The number of carbonyl (C=O) groups is 1. The fourth-order valence-corrected chi connectivity index (χ4v) is 2.39. The van der Waals surface area contributed by atoms with Gasteiger partial charge in [-0.25, -0.2) is 4.79 Å². The molecule has 0 saturated heterocycles. The molecule has 5 heteroatoms. The SMILES string of the molecule is O=C(NCCCc1ccc(Cl)cc1)NCc1ccccc1CO. The number of aliphatic hydroxyl groups is 1. The Hall–Kier alpha value is -2.04. The molecule has 2 aromatic carbocycles. The monoisotopic (exact) mass is 332 g/mol. The number of aryl methyl sites for hydroxylation is 1. The predicted molar refractivity (Wildman–Crippen MR) is 92.4 cm³/mol. The standard InChI is InChI=1S/C18H21ClN2O2/c19-17-9-7-14(8-10-17)4-3-11-20-18(23)21-12-15-5-1-2-6-16(15)13-22/h1-2,5-10,22H,3-4,11-13H2,(H2,20,21,23). The maximum atomic E-state index is 11.8. The smallest absolute Gasteiger partial charge is 0.315 e. The molecule has 3 N–H and O–H groups in total. The molecule has 0 aliphatic heterocycles. The van der Waals surface area contributed by atoms with Gasteiger partial charge in [0.25, 0.3) is 0 Å². The summed E-state index contributed by atoms with van der Waals surface area (Å²) < 4.78 is 0. The summed E-state index contributed by atoms with van der Waals surface area (Å²) in [5, 5.41) is 15.6. The summed E-state index contributed by atoms with van der Waals surface area (Å²) in [6, 6.07) is 15.0. The molecule has 0 spiro atoms. The van der Waals surface area contributed by atoms with E-state index in [0.717, 1.165) is 29.0 Å². The summed E-state index contributed by atoms with van der Waals surface area (Å²) in [6.45, 7) is 0.983. The number of carbonyl (C=O) groups excluding carboxylic acids is 1. The maximum absolute atomic E-state index is 11.8. The average molecular weight is 333 g/mol. The zero-order valence-corrected chi connectivity index (χ0v) is 13.6. The van der Waals surface area contributed by atoms with Gasteiger partial charge in [-0.1, -0.05) is 48.0 Å². The van der Waals surface area contributed by atoms with Gasteiger partial charge in [0.05, 0.1) is 6.61 Å². The van der Waals surface area contributed by atoms with Crippen molar-refractivity contribution < 1.29 is 9.90 Å². The van der Waals surface area contributed by atoms with Gasteiger partial charge in [-0.15, -0.1) is 0 Å². The highest BCUT2D eigenvalue weighted by Crippen LogP contribution is 2.10. The molecule has 4 nitrogen and oxygen atoms in total. The second-order valence-electron chi connectivity index (χ2n) is 5.27. The Bertz CT molecular complexity index is 629. The van der Waals surface area contributed by atoms with Crippen LogP contribution in [0.25, 0.3) is 0 Å². The first kappa shape index (κ1) is 17.3. The van der Waals surface area contributed by atoms with Crippen LogP contribution >= 0.6 is 11.6 Å². The van der Waals surface area contributed by atoms with E-state index in [0.29, 0.717) is 13.1 Å². The van der Waals surface area contributed by atoms with E-state index in [1.807, 2.05) is 48.5 Å². The summed E-state index contributed by atoms with van der Waals surface area (Å²) >= 11 is 5.84. The molecule has 0 fully saturated rings. The molecule has 2 aromatic rings. The molecule has 0 aliphatic rings. The summed E-state index contributed by atoms with van der Waals surface area (Å²) in [7, 11) is 0. The lowest BCUT2D eigenvalue weighted by Gasteiger charge is -2.10. The van der Waals surface area contributed by atoms with Crippen molar-refractivity contribution in [2.75, 3.05) is 6.54 Å². The molecule has 0 aromatic heterocycles. The quantitative estimate of drug-likeness (QED) is 0.681. The van der Waals surface area contributed by atoms with Crippen molar-refractivity contribution in [1.82, 2.24) is 10.6 Å². The largest absolute Gasteiger partial charge is 0.392 e. The topological polar surface area (TPSA) is 61.4 Å². The Morgan fingerprint density at radius 3 is 2.39 bits per heavy atom. The number of aliphatic hydroxyl groups excluding tert-OH is 1. The van der Waals surface area contributed by atoms with Crippen LogP contribution in [0, 0.1) is 0 Å². The lowest BCUT2D eigenvalue weighted by Crippen LogP contribution is -2.35. The summed E-state index contributed by atoms with van der Waals surface area (Å²) in [5.74, 6) is 0. The third-order valence-electron chi connectivity index (χ3n) is 3.57. The lowest BCUT2D eigenvalue weighted by molar-refractivity contribution is 0.240. The van der Waals surface area contributed by atoms with E-state index in [1.54, 1.807) is 0 Å². The molecule has 0 unspecified atom stereocenters. The van der Waals surface area contributed by atoms with E-state index in [4.69, 9.17) is 11.6 Å². The van der Waals surface area contributed by atoms with E-state index in [1.165, 1.54) is 5.56 Å². The number of amides is 2. The maximum Gasteiger partial charge on any atom is 0.315 e. The van der Waals surface area contributed by atoms with Gasteiger partial charge in [0.15, 0.2) is 0 Å². The molecule has 23 heavy (non-hydrogen) atoms. The summed E-state index contributed by atoms with van der Waals surface area (Å²) in [4.78, 5) is 11.8. The van der Waals surface area contributed by atoms with Gasteiger partial charge in [-0.2, -0.15) is 0 Å². The van der Waals surface area contributed by atoms with Gasteiger partial charge < -0.3 is 15.7 Å². The Labute approximate surface area is 141 Å². The fourth-order valence-electron chi connectivity index (χ4n) is 2.27. The van der Waals surface area contributed by atoms with Crippen LogP contribution in [-0.4, -0.2) is 17.7 Å². The van der Waals surface area contributed by atoms with E-state index in [9.17, 15) is 9.90 Å². The van der Waals surface area contributed by atoms with Crippen molar-refractivity contribution in [3.8, 4) is 0 Å². The third kappa shape index (κ3) is 5.93. The van der Waals surface area contributed by atoms with Crippen LogP contribution in [0.15, 0.2) is 48.5 Å². The lowest BCUT2D eigenvalue weighted by atomic mass is 10.1. The molecule has 2 amide bonds. The Balaban J connectivity index is 1.66. The Morgan fingerprint density at radius 1 is 1.00 bits per heavy atom. The van der Waals surface area contributed by atoms with Crippen molar-refractivity contribution in [2.24, 2.45) is 0 Å². The zero-order chi connectivity index (χ0) is 16.5. The second-order valence-corrected chi connectivity index (χ2v) is 5.70. The van der Waals surface area contributed by atoms with Gasteiger partial charge in [0, 0.05) is 18.1 Å². The Kier molecular flexibility index (Phi) is 6.91. The number of nitrogens with one attached hydrogen (secondary N) is 2. The van der Waals surface area contributed by atoms with Crippen molar-refractivity contribution >= 4 is 17.6 Å². The normalized spacial score (nSPS) is 10.3. The molecule has 122 valence electrons. The minimum atomic E-state index is -0.200. The highest BCUT2D eigenvalue weighted by Gasteiger charge is 2.03. The molecule has 2 rings (SSSR count). The Morgan fingerprint density at radius 2 is 1.70 bits per heavy atom. The van der Waals surface area contributed by atoms with Crippen molar-refractivity contribution in [3.05, 3.63) is 70.2 Å². The van der Waals surface area contributed by atoms with Crippen molar-refractivity contribution in [2.45, 2.75) is 26.0 Å². The fraction of sp³-hybridized carbons (Fsp3) is 0.278. The van der Waals surface area contributed by atoms with Gasteiger partial charge in [-0.3, -0.25) is 0 Å². The number of hydrogen-bond donors (Lipinski definition) is 3. The molecule has 0 saturated carbocycles. The molecule has 0 heterocycles. The van der Waals surface area contributed by atoms with Gasteiger partial charge >= 0.3 is 6.03 Å². The summed E-state index contributed by atoms with van der Waals surface area (Å²) in [6.07, 6.45) is 1.76. The molecule has 0 bridgehead atoms. The highest BCUT2D eigenvalue weighted by molar-refractivity contribution is 6.30. The zero-order valence-electron chi connectivity index (χ0n) is 12.9. The highest BCUT2D eigenvalue weighted by atomic mass is 35.5. The molecule has 0 atom stereocenters.